The Morgan fingerprint density at radius 1 is 1.50 bits per heavy atom. The van der Waals surface area contributed by atoms with Gasteiger partial charge in [-0.2, -0.15) is 0 Å². The van der Waals surface area contributed by atoms with Gasteiger partial charge in [0.2, 0.25) is 0 Å². The molecule has 0 aliphatic carbocycles. The molecule has 68 valence electrons. The zero-order chi connectivity index (χ0) is 8.55. The van der Waals surface area contributed by atoms with Gasteiger partial charge in [0.15, 0.2) is 0 Å². The van der Waals surface area contributed by atoms with Crippen LogP contribution >= 0.6 is 0 Å². The summed E-state index contributed by atoms with van der Waals surface area (Å²) in [5.41, 5.74) is 0. The molecule has 0 aromatic carbocycles. The fourth-order valence-corrected chi connectivity index (χ4v) is 2.46. The van der Waals surface area contributed by atoms with Gasteiger partial charge in [0.1, 0.15) is 6.29 Å². The van der Waals surface area contributed by atoms with Crippen LogP contribution in [0, 0.1) is 0 Å². The molecule has 2 aliphatic rings. The average Bonchev–Trinajstić information content (AvgIpc) is 2.44. The van der Waals surface area contributed by atoms with E-state index in [0.29, 0.717) is 12.2 Å². The smallest absolute Gasteiger partial charge is 0.138 e. The molecular weight excluding hydrogens is 152 g/mol. The van der Waals surface area contributed by atoms with Gasteiger partial charge in [-0.3, -0.25) is 10.2 Å². The van der Waals surface area contributed by atoms with E-state index in [1.54, 1.807) is 0 Å². The molecule has 1 N–H and O–H groups in total. The Hall–Kier alpha value is -0.410. The third-order valence-electron chi connectivity index (χ3n) is 3.08. The lowest BCUT2D eigenvalue weighted by atomic mass is 9.99. The molecule has 0 radical (unpaired) electrons. The predicted octanol–water partition coefficient (Wildman–Crippen LogP) is 0.358. The molecule has 3 heteroatoms. The van der Waals surface area contributed by atoms with E-state index >= 15 is 0 Å². The van der Waals surface area contributed by atoms with Crippen LogP contribution in [-0.2, 0) is 4.79 Å². The Kier molecular flexibility index (Phi) is 2.15. The average molecular weight is 168 g/mol. The number of aldehydes is 1. The van der Waals surface area contributed by atoms with E-state index in [4.69, 9.17) is 0 Å². The van der Waals surface area contributed by atoms with Gasteiger partial charge in [-0.1, -0.05) is 6.42 Å². The molecule has 2 saturated heterocycles. The van der Waals surface area contributed by atoms with Crippen LogP contribution < -0.4 is 5.32 Å². The van der Waals surface area contributed by atoms with E-state index in [-0.39, 0.29) is 6.04 Å². The predicted molar refractivity (Wildman–Crippen MR) is 46.8 cm³/mol. The Morgan fingerprint density at radius 2 is 2.33 bits per heavy atom. The fourth-order valence-electron chi connectivity index (χ4n) is 2.46. The molecule has 3 atom stereocenters. The number of nitrogens with zero attached hydrogens (tertiary/aromatic N) is 1. The topological polar surface area (TPSA) is 32.3 Å². The van der Waals surface area contributed by atoms with Crippen molar-refractivity contribution in [3.8, 4) is 0 Å². The van der Waals surface area contributed by atoms with Crippen molar-refractivity contribution in [3.63, 3.8) is 0 Å². The summed E-state index contributed by atoms with van der Waals surface area (Å²) in [4.78, 5) is 13.1. The van der Waals surface area contributed by atoms with Crippen molar-refractivity contribution in [2.24, 2.45) is 0 Å². The SMILES string of the molecule is CC1NC(C=O)C2CCCCN12. The van der Waals surface area contributed by atoms with Gasteiger partial charge in [0, 0.05) is 6.04 Å². The number of hydrogen-bond donors (Lipinski definition) is 1. The molecule has 0 amide bonds. The molecular formula is C9H16N2O. The van der Waals surface area contributed by atoms with Crippen LogP contribution in [0.4, 0.5) is 0 Å². The summed E-state index contributed by atoms with van der Waals surface area (Å²) < 4.78 is 0. The molecule has 0 bridgehead atoms. The second-order valence-electron chi connectivity index (χ2n) is 3.81. The summed E-state index contributed by atoms with van der Waals surface area (Å²) in [7, 11) is 0. The van der Waals surface area contributed by atoms with Crippen LogP contribution in [-0.4, -0.2) is 36.0 Å². The third kappa shape index (κ3) is 1.17. The van der Waals surface area contributed by atoms with Crippen molar-refractivity contribution in [1.29, 1.82) is 0 Å². The zero-order valence-corrected chi connectivity index (χ0v) is 7.49. The van der Waals surface area contributed by atoms with Crippen molar-refractivity contribution in [3.05, 3.63) is 0 Å². The number of carbonyl (C=O) groups is 1. The van der Waals surface area contributed by atoms with Gasteiger partial charge in [-0.05, 0) is 26.3 Å². The first-order valence-electron chi connectivity index (χ1n) is 4.80. The highest BCUT2D eigenvalue weighted by molar-refractivity contribution is 5.60. The van der Waals surface area contributed by atoms with Gasteiger partial charge >= 0.3 is 0 Å². The van der Waals surface area contributed by atoms with E-state index in [2.05, 4.69) is 17.1 Å². The summed E-state index contributed by atoms with van der Waals surface area (Å²) in [6, 6.07) is 0.562. The van der Waals surface area contributed by atoms with Gasteiger partial charge in [0.05, 0.1) is 12.2 Å². The van der Waals surface area contributed by atoms with Crippen LogP contribution in [0.3, 0.4) is 0 Å². The highest BCUT2D eigenvalue weighted by Crippen LogP contribution is 2.25. The van der Waals surface area contributed by atoms with Crippen LogP contribution in [0.25, 0.3) is 0 Å². The minimum atomic E-state index is 0.0836. The normalized spacial score (nSPS) is 42.6. The molecule has 12 heavy (non-hydrogen) atoms. The van der Waals surface area contributed by atoms with Gasteiger partial charge in [-0.15, -0.1) is 0 Å². The molecule has 3 unspecified atom stereocenters. The van der Waals surface area contributed by atoms with E-state index in [0.717, 1.165) is 12.8 Å². The van der Waals surface area contributed by atoms with E-state index in [1.807, 2.05) is 0 Å². The second kappa shape index (κ2) is 3.15. The Morgan fingerprint density at radius 3 is 3.08 bits per heavy atom. The molecule has 3 nitrogen and oxygen atoms in total. The molecule has 2 rings (SSSR count). The summed E-state index contributed by atoms with van der Waals surface area (Å²) in [5.74, 6) is 0. The summed E-state index contributed by atoms with van der Waals surface area (Å²) in [5, 5.41) is 3.30. The minimum Gasteiger partial charge on any atom is -0.302 e. The first-order valence-corrected chi connectivity index (χ1v) is 4.80. The van der Waals surface area contributed by atoms with Crippen molar-refractivity contribution in [1.82, 2.24) is 10.2 Å². The molecule has 2 heterocycles. The molecule has 0 spiro atoms. The lowest BCUT2D eigenvalue weighted by Crippen LogP contribution is -2.41. The second-order valence-corrected chi connectivity index (χ2v) is 3.81. The van der Waals surface area contributed by atoms with Gasteiger partial charge in [-0.25, -0.2) is 0 Å². The van der Waals surface area contributed by atoms with Crippen molar-refractivity contribution in [2.75, 3.05) is 6.54 Å². The fraction of sp³-hybridized carbons (Fsp3) is 0.889. The molecule has 0 saturated carbocycles. The van der Waals surface area contributed by atoms with Crippen LogP contribution in [0.15, 0.2) is 0 Å². The van der Waals surface area contributed by atoms with Crippen LogP contribution in [0.1, 0.15) is 26.2 Å². The quantitative estimate of drug-likeness (QED) is 0.574. The van der Waals surface area contributed by atoms with Crippen molar-refractivity contribution < 1.29 is 4.79 Å². The number of piperidine rings is 1. The van der Waals surface area contributed by atoms with E-state index in [9.17, 15) is 4.79 Å². The maximum atomic E-state index is 10.7. The molecule has 2 aliphatic heterocycles. The van der Waals surface area contributed by atoms with E-state index < -0.39 is 0 Å². The van der Waals surface area contributed by atoms with Gasteiger partial charge in [0.25, 0.3) is 0 Å². The lowest BCUT2D eigenvalue weighted by Gasteiger charge is -2.32. The summed E-state index contributed by atoms with van der Waals surface area (Å²) in [6.07, 6.45) is 5.20. The van der Waals surface area contributed by atoms with E-state index in [1.165, 1.54) is 19.3 Å². The molecule has 0 aromatic heterocycles. The maximum absolute atomic E-state index is 10.7. The Labute approximate surface area is 73.1 Å². The number of nitrogens with one attached hydrogen (secondary N) is 1. The summed E-state index contributed by atoms with van der Waals surface area (Å²) >= 11 is 0. The Bertz CT molecular complexity index is 183. The van der Waals surface area contributed by atoms with Crippen LogP contribution in [0.2, 0.25) is 0 Å². The maximum Gasteiger partial charge on any atom is 0.138 e. The first kappa shape index (κ1) is 8.20. The number of fused-ring (bicyclic) bond motifs is 1. The highest BCUT2D eigenvalue weighted by Gasteiger charge is 2.39. The Balaban J connectivity index is 2.10. The lowest BCUT2D eigenvalue weighted by molar-refractivity contribution is -0.109. The van der Waals surface area contributed by atoms with Crippen molar-refractivity contribution >= 4 is 6.29 Å². The zero-order valence-electron chi connectivity index (χ0n) is 7.49. The standard InChI is InChI=1S/C9H16N2O/c1-7-10-8(6-12)9-4-2-3-5-11(7)9/h6-10H,2-5H2,1H3. The number of carbonyl (C=O) groups excluding carboxylic acids is 1. The first-order chi connectivity index (χ1) is 5.83. The third-order valence-corrected chi connectivity index (χ3v) is 3.08. The molecule has 2 fully saturated rings. The van der Waals surface area contributed by atoms with Crippen molar-refractivity contribution in [2.45, 2.75) is 44.4 Å². The number of rotatable bonds is 1. The monoisotopic (exact) mass is 168 g/mol. The molecule has 0 aromatic rings. The van der Waals surface area contributed by atoms with Crippen LogP contribution in [0.5, 0.6) is 0 Å². The summed E-state index contributed by atoms with van der Waals surface area (Å²) in [6.45, 7) is 3.30. The van der Waals surface area contributed by atoms with Gasteiger partial charge < -0.3 is 4.79 Å². The largest absolute Gasteiger partial charge is 0.302 e. The number of hydrogen-bond acceptors (Lipinski definition) is 3. The minimum absolute atomic E-state index is 0.0836. The highest BCUT2D eigenvalue weighted by atomic mass is 16.1.